The highest BCUT2D eigenvalue weighted by Gasteiger charge is 2.28. The molecule has 1 aliphatic rings. The largest absolute Gasteiger partial charge is 0.394 e. The molecule has 0 bridgehead atoms. The van der Waals surface area contributed by atoms with E-state index in [9.17, 15) is 9.90 Å². The van der Waals surface area contributed by atoms with Gasteiger partial charge in [0.1, 0.15) is 6.04 Å². The van der Waals surface area contributed by atoms with Crippen molar-refractivity contribution in [3.8, 4) is 0 Å². The van der Waals surface area contributed by atoms with Crippen LogP contribution >= 0.6 is 0 Å². The zero-order valence-corrected chi connectivity index (χ0v) is 11.6. The van der Waals surface area contributed by atoms with E-state index < -0.39 is 6.04 Å². The van der Waals surface area contributed by atoms with Crippen LogP contribution < -0.4 is 5.32 Å². The Labute approximate surface area is 114 Å². The first-order valence-electron chi connectivity index (χ1n) is 6.78. The average Bonchev–Trinajstić information content (AvgIpc) is 2.53. The van der Waals surface area contributed by atoms with Crippen LogP contribution in [-0.2, 0) is 11.3 Å². The molecule has 2 N–H and O–H groups in total. The predicted molar refractivity (Wildman–Crippen MR) is 74.6 cm³/mol. The maximum atomic E-state index is 12.3. The van der Waals surface area contributed by atoms with Gasteiger partial charge >= 0.3 is 0 Å². The molecule has 0 aliphatic carbocycles. The van der Waals surface area contributed by atoms with Crippen LogP contribution in [0.15, 0.2) is 24.3 Å². The lowest BCUT2D eigenvalue weighted by atomic mass is 10.1. The smallest absolute Gasteiger partial charge is 0.242 e. The molecule has 0 spiro atoms. The summed E-state index contributed by atoms with van der Waals surface area (Å²) in [6, 6.07) is 7.76. The lowest BCUT2D eigenvalue weighted by Crippen LogP contribution is -2.45. The summed E-state index contributed by atoms with van der Waals surface area (Å²) in [5, 5.41) is 12.4. The van der Waals surface area contributed by atoms with E-state index in [2.05, 4.69) is 43.4 Å². The zero-order valence-electron chi connectivity index (χ0n) is 11.6. The lowest BCUT2D eigenvalue weighted by Gasteiger charge is -2.24. The Morgan fingerprint density at radius 2 is 2.05 bits per heavy atom. The Bertz CT molecular complexity index is 430. The van der Waals surface area contributed by atoms with Crippen molar-refractivity contribution in [1.82, 2.24) is 10.2 Å². The van der Waals surface area contributed by atoms with E-state index in [1.165, 1.54) is 5.56 Å². The molecule has 4 heteroatoms. The van der Waals surface area contributed by atoms with Gasteiger partial charge < -0.3 is 15.3 Å². The summed E-state index contributed by atoms with van der Waals surface area (Å²) in [6.45, 7) is 6.13. The lowest BCUT2D eigenvalue weighted by molar-refractivity contribution is -0.134. The fourth-order valence-electron chi connectivity index (χ4n) is 2.38. The van der Waals surface area contributed by atoms with Crippen molar-refractivity contribution >= 4 is 5.91 Å². The number of carbonyl (C=O) groups excluding carboxylic acids is 1. The van der Waals surface area contributed by atoms with E-state index >= 15 is 0 Å². The minimum Gasteiger partial charge on any atom is -0.394 e. The molecule has 19 heavy (non-hydrogen) atoms. The number of hydrogen-bond donors (Lipinski definition) is 2. The van der Waals surface area contributed by atoms with E-state index in [-0.39, 0.29) is 12.5 Å². The summed E-state index contributed by atoms with van der Waals surface area (Å²) in [7, 11) is 0. The Hall–Kier alpha value is -1.39. The SMILES string of the molecule is Cc1ccc(CN2CC(C)CNC(CO)C2=O)cc1. The van der Waals surface area contributed by atoms with E-state index in [4.69, 9.17) is 0 Å². The molecule has 1 aliphatic heterocycles. The number of aliphatic hydroxyl groups excluding tert-OH is 1. The maximum absolute atomic E-state index is 12.3. The van der Waals surface area contributed by atoms with Crippen molar-refractivity contribution in [1.29, 1.82) is 0 Å². The molecule has 1 saturated heterocycles. The second-order valence-electron chi connectivity index (χ2n) is 5.45. The molecule has 2 atom stereocenters. The third-order valence-electron chi connectivity index (χ3n) is 3.53. The maximum Gasteiger partial charge on any atom is 0.242 e. The van der Waals surface area contributed by atoms with Gasteiger partial charge in [-0.2, -0.15) is 0 Å². The first-order chi connectivity index (χ1) is 9.10. The van der Waals surface area contributed by atoms with Crippen LogP contribution in [0.4, 0.5) is 0 Å². The van der Waals surface area contributed by atoms with Gasteiger partial charge in [0, 0.05) is 19.6 Å². The van der Waals surface area contributed by atoms with Gasteiger partial charge in [-0.1, -0.05) is 36.8 Å². The fourth-order valence-corrected chi connectivity index (χ4v) is 2.38. The minimum atomic E-state index is -0.463. The number of carbonyl (C=O) groups is 1. The molecule has 0 saturated carbocycles. The molecule has 1 heterocycles. The van der Waals surface area contributed by atoms with Crippen LogP contribution in [0, 0.1) is 12.8 Å². The van der Waals surface area contributed by atoms with E-state index in [1.807, 2.05) is 4.90 Å². The third kappa shape index (κ3) is 3.55. The van der Waals surface area contributed by atoms with Crippen LogP contribution in [0.1, 0.15) is 18.1 Å². The number of nitrogens with one attached hydrogen (secondary N) is 1. The topological polar surface area (TPSA) is 52.6 Å². The second-order valence-corrected chi connectivity index (χ2v) is 5.45. The minimum absolute atomic E-state index is 0.00701. The molecular formula is C15H22N2O2. The van der Waals surface area contributed by atoms with Crippen LogP contribution in [-0.4, -0.2) is 41.7 Å². The van der Waals surface area contributed by atoms with Gasteiger partial charge in [0.15, 0.2) is 0 Å². The molecule has 0 aromatic heterocycles. The quantitative estimate of drug-likeness (QED) is 0.852. The van der Waals surface area contributed by atoms with Crippen molar-refractivity contribution in [3.05, 3.63) is 35.4 Å². The normalized spacial score (nSPS) is 24.4. The average molecular weight is 262 g/mol. The zero-order chi connectivity index (χ0) is 13.8. The van der Waals surface area contributed by atoms with Gasteiger partial charge in [0.2, 0.25) is 5.91 Å². The van der Waals surface area contributed by atoms with Crippen molar-refractivity contribution in [3.63, 3.8) is 0 Å². The number of aryl methyl sites for hydroxylation is 1. The Balaban J connectivity index is 2.11. The van der Waals surface area contributed by atoms with Gasteiger partial charge in [0.25, 0.3) is 0 Å². The van der Waals surface area contributed by atoms with Gasteiger partial charge in [0.05, 0.1) is 6.61 Å². The first-order valence-corrected chi connectivity index (χ1v) is 6.78. The van der Waals surface area contributed by atoms with Crippen molar-refractivity contribution in [2.45, 2.75) is 26.4 Å². The molecule has 2 unspecified atom stereocenters. The van der Waals surface area contributed by atoms with E-state index in [0.717, 1.165) is 18.7 Å². The molecule has 1 aromatic rings. The number of nitrogens with zero attached hydrogens (tertiary/aromatic N) is 1. The Morgan fingerprint density at radius 1 is 1.37 bits per heavy atom. The highest BCUT2D eigenvalue weighted by molar-refractivity contribution is 5.82. The molecule has 2 rings (SSSR count). The summed E-state index contributed by atoms with van der Waals surface area (Å²) < 4.78 is 0. The Kier molecular flexibility index (Phi) is 4.56. The van der Waals surface area contributed by atoms with Gasteiger partial charge in [-0.25, -0.2) is 0 Å². The standard InChI is InChI=1S/C15H22N2O2/c1-11-3-5-13(6-4-11)9-17-8-12(2)7-16-14(10-18)15(17)19/h3-6,12,14,16,18H,7-10H2,1-2H3. The summed E-state index contributed by atoms with van der Waals surface area (Å²) in [5.74, 6) is 0.387. The molecule has 0 radical (unpaired) electrons. The van der Waals surface area contributed by atoms with Gasteiger partial charge in [-0.05, 0) is 18.4 Å². The molecule has 104 valence electrons. The summed E-state index contributed by atoms with van der Waals surface area (Å²) in [6.07, 6.45) is 0. The van der Waals surface area contributed by atoms with Crippen molar-refractivity contribution in [2.75, 3.05) is 19.7 Å². The number of aliphatic hydroxyl groups is 1. The third-order valence-corrected chi connectivity index (χ3v) is 3.53. The molecule has 1 amide bonds. The molecule has 1 fully saturated rings. The number of hydrogen-bond acceptors (Lipinski definition) is 3. The van der Waals surface area contributed by atoms with Crippen LogP contribution in [0.3, 0.4) is 0 Å². The summed E-state index contributed by atoms with van der Waals surface area (Å²) >= 11 is 0. The molecule has 4 nitrogen and oxygen atoms in total. The highest BCUT2D eigenvalue weighted by atomic mass is 16.3. The first kappa shape index (κ1) is 14.0. The molecular weight excluding hydrogens is 240 g/mol. The van der Waals surface area contributed by atoms with E-state index in [0.29, 0.717) is 12.5 Å². The Morgan fingerprint density at radius 3 is 2.68 bits per heavy atom. The van der Waals surface area contributed by atoms with Crippen molar-refractivity contribution < 1.29 is 9.90 Å². The number of amides is 1. The predicted octanol–water partition coefficient (Wildman–Crippen LogP) is 0.924. The summed E-state index contributed by atoms with van der Waals surface area (Å²) in [5.41, 5.74) is 2.35. The van der Waals surface area contributed by atoms with Crippen LogP contribution in [0.5, 0.6) is 0 Å². The van der Waals surface area contributed by atoms with Crippen LogP contribution in [0.2, 0.25) is 0 Å². The fraction of sp³-hybridized carbons (Fsp3) is 0.533. The monoisotopic (exact) mass is 262 g/mol. The van der Waals surface area contributed by atoms with Gasteiger partial charge in [-0.3, -0.25) is 4.79 Å². The summed E-state index contributed by atoms with van der Waals surface area (Å²) in [4.78, 5) is 14.1. The number of rotatable bonds is 3. The highest BCUT2D eigenvalue weighted by Crippen LogP contribution is 2.13. The van der Waals surface area contributed by atoms with Crippen molar-refractivity contribution in [2.24, 2.45) is 5.92 Å². The van der Waals surface area contributed by atoms with Crippen LogP contribution in [0.25, 0.3) is 0 Å². The van der Waals surface area contributed by atoms with Gasteiger partial charge in [-0.15, -0.1) is 0 Å². The van der Waals surface area contributed by atoms with E-state index in [1.54, 1.807) is 0 Å². The second kappa shape index (κ2) is 6.17. The number of benzene rings is 1. The molecule has 1 aromatic carbocycles.